The number of carbonyl (C=O) groups excluding carboxylic acids is 3. The first kappa shape index (κ1) is 22.8. The van der Waals surface area contributed by atoms with E-state index < -0.39 is 17.9 Å². The van der Waals surface area contributed by atoms with Gasteiger partial charge in [0, 0.05) is 23.2 Å². The molecular formula is C23H27BrN2O3. The minimum Gasteiger partial charge on any atom is -0.368 e. The van der Waals surface area contributed by atoms with Gasteiger partial charge in [0.25, 0.3) is 0 Å². The number of hydrogen-bond donors (Lipinski definition) is 2. The highest BCUT2D eigenvalue weighted by molar-refractivity contribution is 9.10. The number of primary amides is 1. The SMILES string of the molecule is CC(C)C[C@H](CC(=O)Cc1ccc(Br)cc1)C(=O)N[C@H](C(N)=O)c1ccccc1. The molecule has 0 aliphatic heterocycles. The summed E-state index contributed by atoms with van der Waals surface area (Å²) in [7, 11) is 0. The predicted molar refractivity (Wildman–Crippen MR) is 117 cm³/mol. The Labute approximate surface area is 180 Å². The van der Waals surface area contributed by atoms with Crippen molar-refractivity contribution >= 4 is 33.5 Å². The molecule has 0 unspecified atom stereocenters. The number of Topliss-reactive ketones (excluding diaryl/α,β-unsaturated/α-hetero) is 1. The molecular weight excluding hydrogens is 432 g/mol. The Morgan fingerprint density at radius 1 is 1.00 bits per heavy atom. The van der Waals surface area contributed by atoms with Crippen molar-refractivity contribution in [1.29, 1.82) is 0 Å². The third kappa shape index (κ3) is 7.46. The number of nitrogens with two attached hydrogens (primary N) is 1. The molecule has 3 N–H and O–H groups in total. The van der Waals surface area contributed by atoms with Crippen molar-refractivity contribution < 1.29 is 14.4 Å². The summed E-state index contributed by atoms with van der Waals surface area (Å²) in [6, 6.07) is 15.5. The Kier molecular flexibility index (Phi) is 8.58. The molecule has 0 heterocycles. The van der Waals surface area contributed by atoms with Gasteiger partial charge in [-0.1, -0.05) is 72.2 Å². The molecule has 0 aromatic heterocycles. The first-order valence-corrected chi connectivity index (χ1v) is 10.5. The fraction of sp³-hybridized carbons (Fsp3) is 0.348. The van der Waals surface area contributed by atoms with Crippen molar-refractivity contribution in [2.75, 3.05) is 0 Å². The van der Waals surface area contributed by atoms with E-state index in [9.17, 15) is 14.4 Å². The van der Waals surface area contributed by atoms with Crippen LogP contribution in [0.4, 0.5) is 0 Å². The predicted octanol–water partition coefficient (Wildman–Crippen LogP) is 3.96. The molecule has 0 aliphatic rings. The standard InChI is InChI=1S/C23H27BrN2O3/c1-15(2)12-18(14-20(27)13-16-8-10-19(24)11-9-16)23(29)26-21(22(25)28)17-6-4-3-5-7-17/h3-11,15,18,21H,12-14H2,1-2H3,(H2,25,28)(H,26,29)/t18-,21+/m1/s1. The van der Waals surface area contributed by atoms with Gasteiger partial charge in [-0.05, 0) is 35.6 Å². The highest BCUT2D eigenvalue weighted by Crippen LogP contribution is 2.21. The van der Waals surface area contributed by atoms with E-state index in [1.54, 1.807) is 24.3 Å². The fourth-order valence-electron chi connectivity index (χ4n) is 3.25. The number of nitrogens with one attached hydrogen (secondary N) is 1. The number of amides is 2. The van der Waals surface area contributed by atoms with Crippen molar-refractivity contribution in [2.45, 2.75) is 39.2 Å². The average Bonchev–Trinajstić information content (AvgIpc) is 2.67. The lowest BCUT2D eigenvalue weighted by atomic mass is 9.89. The van der Waals surface area contributed by atoms with Crippen molar-refractivity contribution in [3.8, 4) is 0 Å². The van der Waals surface area contributed by atoms with Crippen molar-refractivity contribution in [3.63, 3.8) is 0 Å². The lowest BCUT2D eigenvalue weighted by Gasteiger charge is -2.22. The maximum Gasteiger partial charge on any atom is 0.244 e. The van der Waals surface area contributed by atoms with E-state index >= 15 is 0 Å². The molecule has 2 aromatic rings. The van der Waals surface area contributed by atoms with Crippen LogP contribution in [0.15, 0.2) is 59.1 Å². The van der Waals surface area contributed by atoms with E-state index in [4.69, 9.17) is 5.73 Å². The lowest BCUT2D eigenvalue weighted by Crippen LogP contribution is -2.41. The van der Waals surface area contributed by atoms with E-state index in [0.717, 1.165) is 10.0 Å². The number of hydrogen-bond acceptors (Lipinski definition) is 3. The second-order valence-corrected chi connectivity index (χ2v) is 8.54. The molecule has 0 saturated carbocycles. The molecule has 0 spiro atoms. The van der Waals surface area contributed by atoms with Crippen LogP contribution in [-0.4, -0.2) is 17.6 Å². The van der Waals surface area contributed by atoms with Crippen molar-refractivity contribution in [3.05, 3.63) is 70.2 Å². The topological polar surface area (TPSA) is 89.3 Å². The number of ketones is 1. The van der Waals surface area contributed by atoms with Gasteiger partial charge in [0.15, 0.2) is 0 Å². The van der Waals surface area contributed by atoms with E-state index in [1.807, 2.05) is 44.2 Å². The largest absolute Gasteiger partial charge is 0.368 e. The van der Waals surface area contributed by atoms with Crippen LogP contribution < -0.4 is 11.1 Å². The smallest absolute Gasteiger partial charge is 0.244 e. The van der Waals surface area contributed by atoms with Crippen LogP contribution in [0.3, 0.4) is 0 Å². The maximum absolute atomic E-state index is 12.9. The quantitative estimate of drug-likeness (QED) is 0.564. The second kappa shape index (κ2) is 10.9. The zero-order valence-corrected chi connectivity index (χ0v) is 18.3. The van der Waals surface area contributed by atoms with Gasteiger partial charge in [-0.3, -0.25) is 14.4 Å². The Morgan fingerprint density at radius 3 is 2.17 bits per heavy atom. The molecule has 0 radical (unpaired) electrons. The summed E-state index contributed by atoms with van der Waals surface area (Å²) in [6.07, 6.45) is 0.950. The summed E-state index contributed by atoms with van der Waals surface area (Å²) >= 11 is 3.38. The zero-order valence-electron chi connectivity index (χ0n) is 16.7. The molecule has 6 heteroatoms. The molecule has 0 saturated heterocycles. The van der Waals surface area contributed by atoms with Gasteiger partial charge in [0.1, 0.15) is 11.8 Å². The number of carbonyl (C=O) groups is 3. The van der Waals surface area contributed by atoms with Crippen LogP contribution in [0.25, 0.3) is 0 Å². The maximum atomic E-state index is 12.9. The molecule has 0 aliphatic carbocycles. The van der Waals surface area contributed by atoms with Gasteiger partial charge in [-0.2, -0.15) is 0 Å². The molecule has 29 heavy (non-hydrogen) atoms. The molecule has 0 fully saturated rings. The van der Waals surface area contributed by atoms with E-state index in [0.29, 0.717) is 12.0 Å². The Balaban J connectivity index is 2.09. The fourth-order valence-corrected chi connectivity index (χ4v) is 3.52. The van der Waals surface area contributed by atoms with E-state index in [-0.39, 0.29) is 30.4 Å². The summed E-state index contributed by atoms with van der Waals surface area (Å²) < 4.78 is 0.948. The Morgan fingerprint density at radius 2 is 1.62 bits per heavy atom. The zero-order chi connectivity index (χ0) is 21.4. The normalized spacial score (nSPS) is 13.0. The molecule has 154 valence electrons. The van der Waals surface area contributed by atoms with Crippen LogP contribution in [0, 0.1) is 11.8 Å². The minimum atomic E-state index is -0.917. The number of benzene rings is 2. The first-order valence-electron chi connectivity index (χ1n) is 9.67. The van der Waals surface area contributed by atoms with Gasteiger partial charge in [-0.15, -0.1) is 0 Å². The van der Waals surface area contributed by atoms with Crippen LogP contribution in [0.1, 0.15) is 43.9 Å². The summed E-state index contributed by atoms with van der Waals surface area (Å²) in [5.74, 6) is -1.24. The van der Waals surface area contributed by atoms with Gasteiger partial charge >= 0.3 is 0 Å². The van der Waals surface area contributed by atoms with Crippen LogP contribution in [0.5, 0.6) is 0 Å². The molecule has 2 amide bonds. The average molecular weight is 459 g/mol. The second-order valence-electron chi connectivity index (χ2n) is 7.63. The van der Waals surface area contributed by atoms with Crippen molar-refractivity contribution in [2.24, 2.45) is 17.6 Å². The first-order chi connectivity index (χ1) is 13.8. The highest BCUT2D eigenvalue weighted by atomic mass is 79.9. The Bertz CT molecular complexity index is 835. The van der Waals surface area contributed by atoms with E-state index in [2.05, 4.69) is 21.2 Å². The van der Waals surface area contributed by atoms with Gasteiger partial charge in [-0.25, -0.2) is 0 Å². The minimum absolute atomic E-state index is 0.0107. The number of halogens is 1. The molecule has 2 rings (SSSR count). The molecule has 0 bridgehead atoms. The summed E-state index contributed by atoms with van der Waals surface area (Å²) in [6.45, 7) is 4.00. The summed E-state index contributed by atoms with van der Waals surface area (Å²) in [5.41, 5.74) is 7.04. The van der Waals surface area contributed by atoms with Crippen LogP contribution >= 0.6 is 15.9 Å². The van der Waals surface area contributed by atoms with E-state index in [1.165, 1.54) is 0 Å². The number of rotatable bonds is 10. The van der Waals surface area contributed by atoms with Gasteiger partial charge < -0.3 is 11.1 Å². The highest BCUT2D eigenvalue weighted by Gasteiger charge is 2.27. The van der Waals surface area contributed by atoms with Gasteiger partial charge in [0.05, 0.1) is 0 Å². The summed E-state index contributed by atoms with van der Waals surface area (Å²) in [4.78, 5) is 37.4. The van der Waals surface area contributed by atoms with Crippen LogP contribution in [0.2, 0.25) is 0 Å². The van der Waals surface area contributed by atoms with Crippen LogP contribution in [-0.2, 0) is 20.8 Å². The van der Waals surface area contributed by atoms with Gasteiger partial charge in [0.2, 0.25) is 11.8 Å². The third-order valence-corrected chi connectivity index (χ3v) is 5.15. The molecule has 5 nitrogen and oxygen atoms in total. The molecule has 2 atom stereocenters. The third-order valence-electron chi connectivity index (χ3n) is 4.62. The summed E-state index contributed by atoms with van der Waals surface area (Å²) in [5, 5.41) is 2.74. The monoisotopic (exact) mass is 458 g/mol. The Hall–Kier alpha value is -2.47. The van der Waals surface area contributed by atoms with Crippen molar-refractivity contribution in [1.82, 2.24) is 5.32 Å². The lowest BCUT2D eigenvalue weighted by molar-refractivity contribution is -0.132. The molecule has 2 aromatic carbocycles.